The monoisotopic (exact) mass is 222 g/mol. The van der Waals surface area contributed by atoms with E-state index < -0.39 is 0 Å². The fourth-order valence-electron chi connectivity index (χ4n) is 3.01. The van der Waals surface area contributed by atoms with Crippen LogP contribution in [-0.2, 0) is 6.42 Å². The lowest BCUT2D eigenvalue weighted by atomic mass is 9.66. The summed E-state index contributed by atoms with van der Waals surface area (Å²) in [5, 5.41) is 10.3. The zero-order valence-electron chi connectivity index (χ0n) is 10.3. The van der Waals surface area contributed by atoms with Crippen molar-refractivity contribution in [2.24, 2.45) is 11.3 Å². The SMILES string of the molecule is CC1(C)CCCCC1C(O)Cc1ccco1. The van der Waals surface area contributed by atoms with Crippen molar-refractivity contribution in [2.45, 2.75) is 52.1 Å². The van der Waals surface area contributed by atoms with Crippen molar-refractivity contribution in [3.05, 3.63) is 24.2 Å². The van der Waals surface area contributed by atoms with Gasteiger partial charge in [-0.2, -0.15) is 0 Å². The number of aliphatic hydroxyl groups is 1. The fraction of sp³-hybridized carbons (Fsp3) is 0.714. The zero-order chi connectivity index (χ0) is 11.6. The Labute approximate surface area is 97.7 Å². The van der Waals surface area contributed by atoms with Crippen LogP contribution in [0.4, 0.5) is 0 Å². The van der Waals surface area contributed by atoms with Gasteiger partial charge in [-0.05, 0) is 36.3 Å². The van der Waals surface area contributed by atoms with Crippen LogP contribution in [0.5, 0.6) is 0 Å². The van der Waals surface area contributed by atoms with Crippen molar-refractivity contribution in [3.63, 3.8) is 0 Å². The van der Waals surface area contributed by atoms with Gasteiger partial charge in [-0.25, -0.2) is 0 Å². The van der Waals surface area contributed by atoms with Crippen molar-refractivity contribution >= 4 is 0 Å². The van der Waals surface area contributed by atoms with Crippen molar-refractivity contribution in [1.82, 2.24) is 0 Å². The molecule has 0 aromatic carbocycles. The van der Waals surface area contributed by atoms with Crippen LogP contribution in [0, 0.1) is 11.3 Å². The van der Waals surface area contributed by atoms with Crippen LogP contribution >= 0.6 is 0 Å². The third-order valence-electron chi connectivity index (χ3n) is 4.04. The molecule has 1 aliphatic carbocycles. The standard InChI is InChI=1S/C14H22O2/c1-14(2)8-4-3-7-12(14)13(15)10-11-6-5-9-16-11/h5-6,9,12-13,15H,3-4,7-8,10H2,1-2H3. The van der Waals surface area contributed by atoms with E-state index in [2.05, 4.69) is 13.8 Å². The third-order valence-corrected chi connectivity index (χ3v) is 4.04. The van der Waals surface area contributed by atoms with Crippen molar-refractivity contribution in [3.8, 4) is 0 Å². The topological polar surface area (TPSA) is 33.4 Å². The highest BCUT2D eigenvalue weighted by molar-refractivity contribution is 5.01. The number of aliphatic hydroxyl groups excluding tert-OH is 1. The predicted molar refractivity (Wildman–Crippen MR) is 64.2 cm³/mol. The molecule has 0 bridgehead atoms. The van der Waals surface area contributed by atoms with Gasteiger partial charge in [0.15, 0.2) is 0 Å². The second-order valence-corrected chi connectivity index (χ2v) is 5.69. The summed E-state index contributed by atoms with van der Waals surface area (Å²) in [5.74, 6) is 1.31. The lowest BCUT2D eigenvalue weighted by Crippen LogP contribution is -2.37. The summed E-state index contributed by atoms with van der Waals surface area (Å²) in [4.78, 5) is 0. The van der Waals surface area contributed by atoms with E-state index in [1.54, 1.807) is 6.26 Å². The van der Waals surface area contributed by atoms with Gasteiger partial charge in [0.05, 0.1) is 12.4 Å². The van der Waals surface area contributed by atoms with E-state index in [9.17, 15) is 5.11 Å². The summed E-state index contributed by atoms with van der Waals surface area (Å²) in [6.07, 6.45) is 7.00. The van der Waals surface area contributed by atoms with Gasteiger partial charge in [-0.3, -0.25) is 0 Å². The van der Waals surface area contributed by atoms with E-state index in [0.717, 1.165) is 12.2 Å². The molecule has 2 rings (SSSR count). The average Bonchev–Trinajstić information content (AvgIpc) is 2.69. The first-order valence-corrected chi connectivity index (χ1v) is 6.30. The Morgan fingerprint density at radius 1 is 1.50 bits per heavy atom. The van der Waals surface area contributed by atoms with Gasteiger partial charge in [0.1, 0.15) is 5.76 Å². The van der Waals surface area contributed by atoms with Crippen LogP contribution in [0.15, 0.2) is 22.8 Å². The number of hydrogen-bond acceptors (Lipinski definition) is 2. The first kappa shape index (κ1) is 11.7. The zero-order valence-corrected chi connectivity index (χ0v) is 10.3. The molecule has 0 spiro atoms. The molecule has 2 nitrogen and oxygen atoms in total. The van der Waals surface area contributed by atoms with Gasteiger partial charge in [0, 0.05) is 6.42 Å². The molecule has 0 amide bonds. The Morgan fingerprint density at radius 3 is 2.94 bits per heavy atom. The van der Waals surface area contributed by atoms with Crippen LogP contribution < -0.4 is 0 Å². The molecule has 0 saturated heterocycles. The van der Waals surface area contributed by atoms with Crippen LogP contribution in [0.2, 0.25) is 0 Å². The summed E-state index contributed by atoms with van der Waals surface area (Å²) < 4.78 is 5.30. The van der Waals surface area contributed by atoms with Crippen LogP contribution in [0.25, 0.3) is 0 Å². The minimum atomic E-state index is -0.263. The maximum Gasteiger partial charge on any atom is 0.106 e. The second-order valence-electron chi connectivity index (χ2n) is 5.69. The molecule has 2 atom stereocenters. The molecule has 1 fully saturated rings. The average molecular weight is 222 g/mol. The van der Waals surface area contributed by atoms with Crippen LogP contribution in [0.1, 0.15) is 45.3 Å². The molecule has 90 valence electrons. The minimum absolute atomic E-state index is 0.263. The first-order chi connectivity index (χ1) is 7.59. The van der Waals surface area contributed by atoms with Crippen molar-refractivity contribution in [2.75, 3.05) is 0 Å². The van der Waals surface area contributed by atoms with Gasteiger partial charge in [0.2, 0.25) is 0 Å². The smallest absolute Gasteiger partial charge is 0.106 e. The highest BCUT2D eigenvalue weighted by Crippen LogP contribution is 2.42. The van der Waals surface area contributed by atoms with Gasteiger partial charge < -0.3 is 9.52 Å². The number of furan rings is 1. The molecule has 1 aliphatic rings. The fourth-order valence-corrected chi connectivity index (χ4v) is 3.01. The molecule has 1 aromatic heterocycles. The Hall–Kier alpha value is -0.760. The summed E-state index contributed by atoms with van der Waals surface area (Å²) in [6.45, 7) is 4.56. The van der Waals surface area contributed by atoms with Gasteiger partial charge in [-0.1, -0.05) is 26.7 Å². The molecule has 1 heterocycles. The molecular formula is C14H22O2. The minimum Gasteiger partial charge on any atom is -0.469 e. The summed E-state index contributed by atoms with van der Waals surface area (Å²) >= 11 is 0. The van der Waals surface area contributed by atoms with Crippen molar-refractivity contribution in [1.29, 1.82) is 0 Å². The second kappa shape index (κ2) is 4.62. The van der Waals surface area contributed by atoms with Gasteiger partial charge >= 0.3 is 0 Å². The normalized spacial score (nSPS) is 26.6. The molecule has 2 heteroatoms. The van der Waals surface area contributed by atoms with E-state index in [1.165, 1.54) is 19.3 Å². The third kappa shape index (κ3) is 2.49. The Morgan fingerprint density at radius 2 is 2.31 bits per heavy atom. The highest BCUT2D eigenvalue weighted by Gasteiger charge is 2.36. The van der Waals surface area contributed by atoms with E-state index >= 15 is 0 Å². The van der Waals surface area contributed by atoms with Gasteiger partial charge in [-0.15, -0.1) is 0 Å². The maximum atomic E-state index is 10.3. The molecule has 0 radical (unpaired) electrons. The van der Waals surface area contributed by atoms with E-state index in [1.807, 2.05) is 12.1 Å². The lowest BCUT2D eigenvalue weighted by molar-refractivity contribution is 0.00331. The van der Waals surface area contributed by atoms with Crippen LogP contribution in [-0.4, -0.2) is 11.2 Å². The lowest BCUT2D eigenvalue weighted by Gasteiger charge is -2.41. The predicted octanol–water partition coefficient (Wildman–Crippen LogP) is 3.40. The van der Waals surface area contributed by atoms with E-state index in [0.29, 0.717) is 12.3 Å². The van der Waals surface area contributed by atoms with E-state index in [4.69, 9.17) is 4.42 Å². The maximum absolute atomic E-state index is 10.3. The molecular weight excluding hydrogens is 200 g/mol. The number of hydrogen-bond donors (Lipinski definition) is 1. The summed E-state index contributed by atoms with van der Waals surface area (Å²) in [7, 11) is 0. The molecule has 0 aliphatic heterocycles. The molecule has 1 saturated carbocycles. The highest BCUT2D eigenvalue weighted by atomic mass is 16.3. The Balaban J connectivity index is 2.00. The molecule has 2 unspecified atom stereocenters. The van der Waals surface area contributed by atoms with Crippen molar-refractivity contribution < 1.29 is 9.52 Å². The van der Waals surface area contributed by atoms with Crippen LogP contribution in [0.3, 0.4) is 0 Å². The summed E-state index contributed by atoms with van der Waals surface area (Å²) in [6, 6.07) is 3.83. The Kier molecular flexibility index (Phi) is 3.38. The molecule has 16 heavy (non-hydrogen) atoms. The Bertz CT molecular complexity index is 313. The molecule has 1 N–H and O–H groups in total. The molecule has 1 aromatic rings. The number of rotatable bonds is 3. The summed E-state index contributed by atoms with van der Waals surface area (Å²) in [5.41, 5.74) is 0.268. The largest absolute Gasteiger partial charge is 0.469 e. The van der Waals surface area contributed by atoms with E-state index in [-0.39, 0.29) is 11.5 Å². The quantitative estimate of drug-likeness (QED) is 0.850. The van der Waals surface area contributed by atoms with Gasteiger partial charge in [0.25, 0.3) is 0 Å². The first-order valence-electron chi connectivity index (χ1n) is 6.30.